The van der Waals surface area contributed by atoms with Crippen LogP contribution in [0.5, 0.6) is 0 Å². The van der Waals surface area contributed by atoms with E-state index in [1.807, 2.05) is 92.6 Å². The average molecular weight is 1370 g/mol. The highest BCUT2D eigenvalue weighted by molar-refractivity contribution is 7.17. The molecule has 3 saturated heterocycles. The molecule has 97 heavy (non-hydrogen) atoms. The number of aryl methyl sites for hydroxylation is 1. The Balaban J connectivity index is 0.630. The highest BCUT2D eigenvalue weighted by Gasteiger charge is 2.50. The van der Waals surface area contributed by atoms with Crippen molar-refractivity contribution in [1.29, 1.82) is 0 Å². The van der Waals surface area contributed by atoms with E-state index in [0.29, 0.717) is 110 Å². The summed E-state index contributed by atoms with van der Waals surface area (Å²) in [6.45, 7) is 6.66. The first-order valence-corrected chi connectivity index (χ1v) is 33.8. The third-order valence-electron chi connectivity index (χ3n) is 19.5. The minimum Gasteiger partial charge on any atom is -0.446 e. The number of amides is 5. The molecule has 0 unspecified atom stereocenters. The third-order valence-corrected chi connectivity index (χ3v) is 20.7. The molecule has 6 aromatic rings. The first kappa shape index (κ1) is 71.8. The second-order valence-electron chi connectivity index (χ2n) is 26.0. The van der Waals surface area contributed by atoms with Gasteiger partial charge in [-0.05, 0) is 130 Å². The summed E-state index contributed by atoms with van der Waals surface area (Å²) < 4.78 is 116. The number of aromatic nitrogens is 1. The maximum absolute atomic E-state index is 14.3. The molecule has 17 nitrogen and oxygen atoms in total. The summed E-state index contributed by atoms with van der Waals surface area (Å²) in [6, 6.07) is 31.9. The van der Waals surface area contributed by atoms with Gasteiger partial charge in [0.1, 0.15) is 35.7 Å². The summed E-state index contributed by atoms with van der Waals surface area (Å²) in [5.41, 5.74) is 0.280. The lowest BCUT2D eigenvalue weighted by Crippen LogP contribution is -2.50. The number of halogens is 7. The van der Waals surface area contributed by atoms with E-state index in [2.05, 4.69) is 27.2 Å². The lowest BCUT2D eigenvalue weighted by Gasteiger charge is -2.44. The second-order valence-corrected chi connectivity index (χ2v) is 26.9. The van der Waals surface area contributed by atoms with Crippen molar-refractivity contribution in [3.05, 3.63) is 171 Å². The number of piperidine rings is 2. The molecule has 5 aromatic carbocycles. The van der Waals surface area contributed by atoms with Crippen LogP contribution in [0.2, 0.25) is 0 Å². The number of ether oxygens (including phenoxy) is 3. The predicted octanol–water partition coefficient (Wildman–Crippen LogP) is 12.4. The van der Waals surface area contributed by atoms with Crippen LogP contribution >= 0.6 is 11.3 Å². The number of unbranched alkanes of at least 4 members (excludes halogenated alkanes) is 2. The van der Waals surface area contributed by atoms with Crippen LogP contribution in [-0.2, 0) is 53.6 Å². The quantitative estimate of drug-likeness (QED) is 0.0427. The van der Waals surface area contributed by atoms with Crippen LogP contribution in [0.1, 0.15) is 111 Å². The summed E-state index contributed by atoms with van der Waals surface area (Å²) in [7, 11) is 7.16. The Labute approximate surface area is 565 Å². The van der Waals surface area contributed by atoms with Gasteiger partial charge in [-0.25, -0.2) is 14.2 Å². The van der Waals surface area contributed by atoms with Gasteiger partial charge in [0.05, 0.1) is 35.2 Å². The second kappa shape index (κ2) is 31.3. The third kappa shape index (κ3) is 17.7. The van der Waals surface area contributed by atoms with E-state index in [1.165, 1.54) is 35.6 Å². The van der Waals surface area contributed by atoms with Crippen molar-refractivity contribution in [3.63, 3.8) is 0 Å². The number of alkyl halides is 6. The zero-order chi connectivity index (χ0) is 69.2. The van der Waals surface area contributed by atoms with E-state index in [4.69, 9.17) is 19.2 Å². The van der Waals surface area contributed by atoms with E-state index in [9.17, 15) is 54.7 Å². The highest BCUT2D eigenvalue weighted by Crippen LogP contribution is 2.49. The largest absolute Gasteiger partial charge is 0.446 e. The van der Waals surface area contributed by atoms with Crippen molar-refractivity contribution in [1.82, 2.24) is 34.4 Å². The molecule has 1 N–H and O–H groups in total. The van der Waals surface area contributed by atoms with E-state index < -0.39 is 64.6 Å². The number of likely N-dealkylation sites (N-methyl/N-ethyl adjacent to an activating group) is 3. The topological polar surface area (TPSA) is 161 Å². The molecule has 0 bridgehead atoms. The number of nitrogens with one attached hydrogen (secondary N) is 1. The summed E-state index contributed by atoms with van der Waals surface area (Å²) in [5, 5.41) is 3.64. The van der Waals surface area contributed by atoms with E-state index >= 15 is 0 Å². The average Bonchev–Trinajstić information content (AvgIpc) is 1.61. The molecule has 10 rings (SSSR count). The van der Waals surface area contributed by atoms with Crippen LogP contribution < -0.4 is 10.2 Å². The lowest BCUT2D eigenvalue weighted by molar-refractivity contribution is -0.143. The number of para-hydroxylation sites is 1. The molecule has 5 amide bonds. The summed E-state index contributed by atoms with van der Waals surface area (Å²) in [5.74, 6) is -1.96. The zero-order valence-electron chi connectivity index (χ0n) is 55.4. The van der Waals surface area contributed by atoms with E-state index in [0.717, 1.165) is 66.1 Å². The fourth-order valence-corrected chi connectivity index (χ4v) is 14.6. The molecule has 3 fully saturated rings. The molecule has 520 valence electrons. The first-order chi connectivity index (χ1) is 46.3. The number of benzene rings is 5. The Morgan fingerprint density at radius 3 is 2.05 bits per heavy atom. The number of anilines is 2. The summed E-state index contributed by atoms with van der Waals surface area (Å²) in [6.07, 6.45) is -4.83. The lowest BCUT2D eigenvalue weighted by atomic mass is 9.72. The Bertz CT molecular complexity index is 3680. The van der Waals surface area contributed by atoms with Crippen molar-refractivity contribution in [2.75, 3.05) is 124 Å². The maximum atomic E-state index is 14.3. The standard InChI is InChI=1S/C72H84F7N9O8S/c1-49-64(97-67(80-49)85(5)32-15-7-10-22-62(89)82(2)40-41-86-33-27-57(28-34-86)96-68(93)81-60-21-14-12-19-58(60)50-16-8-6-9-17-50)66(92)84(4)39-38-83(3)63(90)46-94-61-44-51-18-11-13-20-59(51)69(61)29-35-87(36-30-69)37-31-70(53-23-25-56(73)26-24-53)47-88(48-95-70)65(91)52-42-54(71(74,75)76)45-55(43-52)72(77,78)79/h6,8-9,11-14,16-21,23-26,42-43,45,57,61H,7,10,15,22,27-41,44,46-48H2,1-5H3,(H,81,93)/t61-,70-/m0/s1. The fraction of sp³-hybridized carbons (Fsp3) is 0.472. The first-order valence-electron chi connectivity index (χ1n) is 33.0. The van der Waals surface area contributed by atoms with Crippen molar-refractivity contribution in [2.45, 2.75) is 107 Å². The van der Waals surface area contributed by atoms with Crippen LogP contribution in [0.25, 0.3) is 11.1 Å². The van der Waals surface area contributed by atoms with Gasteiger partial charge in [-0.15, -0.1) is 0 Å². The van der Waals surface area contributed by atoms with Crippen LogP contribution in [0.15, 0.2) is 121 Å². The Morgan fingerprint density at radius 1 is 0.711 bits per heavy atom. The zero-order valence-corrected chi connectivity index (χ0v) is 56.2. The van der Waals surface area contributed by atoms with Gasteiger partial charge in [-0.1, -0.05) is 103 Å². The number of carbonyl (C=O) groups is 5. The monoisotopic (exact) mass is 1370 g/mol. The molecule has 0 radical (unpaired) electrons. The maximum Gasteiger partial charge on any atom is 0.416 e. The van der Waals surface area contributed by atoms with Crippen LogP contribution in [0, 0.1) is 12.7 Å². The fourth-order valence-electron chi connectivity index (χ4n) is 13.5. The number of hydrogen-bond donors (Lipinski definition) is 1. The molecule has 4 aliphatic rings. The summed E-state index contributed by atoms with van der Waals surface area (Å²) in [4.78, 5) is 85.2. The summed E-state index contributed by atoms with van der Waals surface area (Å²) >= 11 is 1.32. The minimum absolute atomic E-state index is 0.0303. The molecule has 0 saturated carbocycles. The number of hydrogen-bond acceptors (Lipinski definition) is 13. The van der Waals surface area contributed by atoms with Gasteiger partial charge in [-0.2, -0.15) is 26.3 Å². The van der Waals surface area contributed by atoms with E-state index in [1.54, 1.807) is 28.8 Å². The van der Waals surface area contributed by atoms with Gasteiger partial charge in [0, 0.05) is 104 Å². The van der Waals surface area contributed by atoms with Gasteiger partial charge in [-0.3, -0.25) is 24.5 Å². The number of thiazole rings is 1. The van der Waals surface area contributed by atoms with Gasteiger partial charge >= 0.3 is 18.4 Å². The van der Waals surface area contributed by atoms with Crippen molar-refractivity contribution < 1.29 is 68.9 Å². The van der Waals surface area contributed by atoms with Crippen molar-refractivity contribution in [2.24, 2.45) is 0 Å². The molecule has 1 aromatic heterocycles. The van der Waals surface area contributed by atoms with Gasteiger partial charge in [0.15, 0.2) is 5.13 Å². The van der Waals surface area contributed by atoms with E-state index in [-0.39, 0.29) is 68.7 Å². The normalized spacial score (nSPS) is 18.2. The van der Waals surface area contributed by atoms with Gasteiger partial charge < -0.3 is 48.5 Å². The number of likely N-dealkylation sites (tertiary alicyclic amines) is 2. The van der Waals surface area contributed by atoms with Crippen molar-refractivity contribution >= 4 is 51.9 Å². The number of carbonyl (C=O) groups excluding carboxylic acids is 5. The minimum atomic E-state index is -5.15. The Kier molecular flexibility index (Phi) is 23.1. The highest BCUT2D eigenvalue weighted by atomic mass is 32.1. The molecular weight excluding hydrogens is 1280 g/mol. The predicted molar refractivity (Wildman–Crippen MR) is 356 cm³/mol. The van der Waals surface area contributed by atoms with Crippen molar-refractivity contribution in [3.8, 4) is 11.1 Å². The number of rotatable bonds is 25. The van der Waals surface area contributed by atoms with Crippen LogP contribution in [0.4, 0.5) is 46.3 Å². The van der Waals surface area contributed by atoms with Crippen LogP contribution in [-0.4, -0.2) is 190 Å². The molecule has 3 aliphatic heterocycles. The van der Waals surface area contributed by atoms with Crippen LogP contribution in [0.3, 0.4) is 0 Å². The smallest absolute Gasteiger partial charge is 0.416 e. The number of fused-ring (bicyclic) bond motifs is 2. The SMILES string of the molecule is Cc1nc(N(C)CCCCCC(=O)N(C)CCN2CCC(OC(=O)Nc3ccccc3-c3ccccc3)CC2)sc1C(=O)N(C)CCN(C)C(=O)CO[C@H]1Cc2ccccc2C12CCN(CC[C@@]1(c3ccc(F)cc3)CN(C(=O)c3cc(C(F)(F)F)cc(C(F)(F)F)c3)CO1)CC2. The molecule has 1 spiro atoms. The van der Waals surface area contributed by atoms with Gasteiger partial charge in [0.25, 0.3) is 11.8 Å². The molecule has 4 heterocycles. The molecule has 1 aliphatic carbocycles. The number of nitrogens with zero attached hydrogens (tertiary/aromatic N) is 8. The van der Waals surface area contributed by atoms with Gasteiger partial charge in [0.2, 0.25) is 11.8 Å². The Hall–Kier alpha value is -7.97. The Morgan fingerprint density at radius 2 is 1.35 bits per heavy atom. The molecular formula is C72H84F7N9O8S. The molecule has 25 heteroatoms. The molecule has 2 atom stereocenters.